The van der Waals surface area contributed by atoms with Crippen molar-refractivity contribution in [1.29, 1.82) is 0 Å². The minimum atomic E-state index is -4.94. The average Bonchev–Trinajstić information content (AvgIpc) is 3.03. The van der Waals surface area contributed by atoms with Crippen molar-refractivity contribution >= 4 is 34.4 Å². The van der Waals surface area contributed by atoms with Gasteiger partial charge in [0.25, 0.3) is 0 Å². The number of benzene rings is 4. The van der Waals surface area contributed by atoms with Gasteiger partial charge in [-0.15, -0.1) is 10.2 Å². The summed E-state index contributed by atoms with van der Waals surface area (Å²) < 4.78 is 39.6. The Kier molecular flexibility index (Phi) is 9.57. The van der Waals surface area contributed by atoms with Gasteiger partial charge in [-0.1, -0.05) is 84.9 Å². The molecule has 0 amide bonds. The first-order valence-electron chi connectivity index (χ1n) is 13.3. The first-order chi connectivity index (χ1) is 20.4. The van der Waals surface area contributed by atoms with Gasteiger partial charge in [-0.2, -0.15) is 4.98 Å². The van der Waals surface area contributed by atoms with Crippen LogP contribution in [0.1, 0.15) is 0 Å². The Labute approximate surface area is 247 Å². The highest BCUT2D eigenvalue weighted by Crippen LogP contribution is 2.54. The lowest BCUT2D eigenvalue weighted by atomic mass is 10.2. The molecule has 0 aliphatic carbocycles. The Bertz CT molecular complexity index is 1450. The van der Waals surface area contributed by atoms with Crippen LogP contribution >= 0.6 is 7.26 Å². The SMILES string of the molecule is [O-][Cl+3]([O-])([O-])[O-].c1ccc(-c2nc(N3CCOCC3)cc([P+](c3ccccc3)(c3ccccc3)c3ccccc3)n2)cc1. The molecule has 0 atom stereocenters. The monoisotopic (exact) mass is 601 g/mol. The Morgan fingerprint density at radius 3 is 1.43 bits per heavy atom. The molecule has 0 radical (unpaired) electrons. The maximum atomic E-state index is 8.49. The first kappa shape index (κ1) is 29.8. The summed E-state index contributed by atoms with van der Waals surface area (Å²) in [6.07, 6.45) is 0. The maximum Gasteiger partial charge on any atom is 0.203 e. The van der Waals surface area contributed by atoms with E-state index in [1.54, 1.807) is 0 Å². The largest absolute Gasteiger partial charge is 0.378 e. The van der Waals surface area contributed by atoms with Gasteiger partial charge >= 0.3 is 0 Å². The molecule has 0 spiro atoms. The summed E-state index contributed by atoms with van der Waals surface area (Å²) in [5.41, 5.74) is 2.08. The maximum absolute atomic E-state index is 8.49. The number of rotatable bonds is 6. The van der Waals surface area contributed by atoms with Gasteiger partial charge in [0.1, 0.15) is 21.7 Å². The van der Waals surface area contributed by atoms with Crippen LogP contribution in [0.3, 0.4) is 0 Å². The molecule has 0 bridgehead atoms. The highest BCUT2D eigenvalue weighted by Gasteiger charge is 2.50. The summed E-state index contributed by atoms with van der Waals surface area (Å²) in [5, 5.41) is 3.83. The predicted octanol–water partition coefficient (Wildman–Crippen LogP) is -0.156. The molecule has 1 aromatic heterocycles. The van der Waals surface area contributed by atoms with Gasteiger partial charge in [0.2, 0.25) is 5.44 Å². The summed E-state index contributed by atoms with van der Waals surface area (Å²) in [7, 11) is -7.28. The summed E-state index contributed by atoms with van der Waals surface area (Å²) in [6.45, 7) is 3.04. The van der Waals surface area contributed by atoms with E-state index in [4.69, 9.17) is 33.3 Å². The molecule has 5 aromatic rings. The van der Waals surface area contributed by atoms with Crippen LogP contribution in [0.25, 0.3) is 11.4 Å². The highest BCUT2D eigenvalue weighted by molar-refractivity contribution is 8.01. The molecule has 1 saturated heterocycles. The van der Waals surface area contributed by atoms with Crippen molar-refractivity contribution in [1.82, 2.24) is 9.97 Å². The third kappa shape index (κ3) is 7.01. The first-order valence-corrected chi connectivity index (χ1v) is 16.3. The van der Waals surface area contributed by atoms with E-state index in [1.165, 1.54) is 15.9 Å². The molecule has 1 fully saturated rings. The van der Waals surface area contributed by atoms with Crippen LogP contribution in [-0.4, -0.2) is 36.3 Å². The standard InChI is InChI=1S/C32H29N3OP.ClHO4/c1-5-13-26(14-6-1)32-33-30(35-21-23-36-24-22-35)25-31(34-32)37(27-15-7-2-8-16-27,28-17-9-3-10-18-28)29-19-11-4-12-20-29;2-1(3,4)5/h1-20,25H,21-24H2;(H,2,3,4,5)/q+1;/p-1. The molecule has 0 N–H and O–H groups in total. The van der Waals surface area contributed by atoms with Crippen LogP contribution < -0.4 is 44.9 Å². The van der Waals surface area contributed by atoms with Gasteiger partial charge in [0.05, 0.1) is 13.2 Å². The van der Waals surface area contributed by atoms with E-state index in [9.17, 15) is 0 Å². The van der Waals surface area contributed by atoms with E-state index >= 15 is 0 Å². The lowest BCUT2D eigenvalue weighted by molar-refractivity contribution is -2.00. The summed E-state index contributed by atoms with van der Waals surface area (Å²) in [4.78, 5) is 12.8. The van der Waals surface area contributed by atoms with Gasteiger partial charge in [-0.05, 0) is 36.4 Å². The van der Waals surface area contributed by atoms with Gasteiger partial charge < -0.3 is 9.64 Å². The van der Waals surface area contributed by atoms with Crippen molar-refractivity contribution in [3.8, 4) is 11.4 Å². The van der Waals surface area contributed by atoms with E-state index in [0.29, 0.717) is 13.2 Å². The number of hydrogen-bond donors (Lipinski definition) is 0. The van der Waals surface area contributed by atoms with Gasteiger partial charge in [-0.3, -0.25) is 0 Å². The van der Waals surface area contributed by atoms with Crippen molar-refractivity contribution in [2.75, 3.05) is 31.2 Å². The van der Waals surface area contributed by atoms with Crippen LogP contribution in [0.2, 0.25) is 0 Å². The normalized spacial score (nSPS) is 13.7. The minimum absolute atomic E-state index is 0.705. The summed E-state index contributed by atoms with van der Waals surface area (Å²) >= 11 is 0. The Balaban J connectivity index is 0.000000652. The topological polar surface area (TPSA) is 130 Å². The Morgan fingerprint density at radius 2 is 1.00 bits per heavy atom. The third-order valence-electron chi connectivity index (χ3n) is 6.84. The summed E-state index contributed by atoms with van der Waals surface area (Å²) in [5.74, 6) is 1.71. The minimum Gasteiger partial charge on any atom is -0.378 e. The van der Waals surface area contributed by atoms with E-state index in [1.807, 2.05) is 18.2 Å². The van der Waals surface area contributed by atoms with Gasteiger partial charge in [-0.25, -0.2) is 23.6 Å². The molecule has 0 saturated carbocycles. The van der Waals surface area contributed by atoms with Crippen LogP contribution in [0.4, 0.5) is 5.82 Å². The quantitative estimate of drug-likeness (QED) is 0.246. The van der Waals surface area contributed by atoms with Gasteiger partial charge in [0, 0.05) is 24.7 Å². The zero-order chi connectivity index (χ0) is 29.4. The molecule has 1 aliphatic heterocycles. The van der Waals surface area contributed by atoms with E-state index in [0.717, 1.165) is 35.7 Å². The number of ether oxygens (including phenoxy) is 1. The molecular weight excluding hydrogens is 573 g/mol. The Morgan fingerprint density at radius 1 is 0.595 bits per heavy atom. The molecule has 1 aliphatic rings. The van der Waals surface area contributed by atoms with E-state index in [2.05, 4.69) is 114 Å². The second kappa shape index (κ2) is 13.5. The number of morpholine rings is 1. The van der Waals surface area contributed by atoms with Crippen LogP contribution in [0, 0.1) is 10.2 Å². The fraction of sp³-hybridized carbons (Fsp3) is 0.125. The van der Waals surface area contributed by atoms with Gasteiger partial charge in [0.15, 0.2) is 13.1 Å². The lowest BCUT2D eigenvalue weighted by Gasteiger charge is -2.30. The summed E-state index contributed by atoms with van der Waals surface area (Å²) in [6, 6.07) is 45.2. The average molecular weight is 602 g/mol. The van der Waals surface area contributed by atoms with E-state index < -0.39 is 17.5 Å². The molecule has 0 unspecified atom stereocenters. The van der Waals surface area contributed by atoms with Crippen molar-refractivity contribution in [2.24, 2.45) is 0 Å². The van der Waals surface area contributed by atoms with Crippen molar-refractivity contribution in [3.63, 3.8) is 0 Å². The number of halogens is 1. The molecule has 42 heavy (non-hydrogen) atoms. The molecule has 4 aromatic carbocycles. The number of anilines is 1. The Hall–Kier alpha value is -3.72. The fourth-order valence-corrected chi connectivity index (χ4v) is 9.16. The molecule has 6 rings (SSSR count). The zero-order valence-electron chi connectivity index (χ0n) is 22.7. The fourth-order valence-electron chi connectivity index (χ4n) is 5.06. The molecule has 8 nitrogen and oxygen atoms in total. The second-order valence-electron chi connectivity index (χ2n) is 9.43. The number of nitrogens with zero attached hydrogens (tertiary/aromatic N) is 3. The second-order valence-corrected chi connectivity index (χ2v) is 13.5. The van der Waals surface area contributed by atoms with Crippen molar-refractivity contribution in [2.45, 2.75) is 0 Å². The van der Waals surface area contributed by atoms with E-state index in [-0.39, 0.29) is 0 Å². The van der Waals surface area contributed by atoms with Crippen LogP contribution in [0.15, 0.2) is 127 Å². The van der Waals surface area contributed by atoms with Crippen molar-refractivity contribution in [3.05, 3.63) is 127 Å². The molecule has 10 heteroatoms. The molecule has 2 heterocycles. The zero-order valence-corrected chi connectivity index (χ0v) is 24.3. The van der Waals surface area contributed by atoms with Crippen LogP contribution in [-0.2, 0) is 4.74 Å². The smallest absolute Gasteiger partial charge is 0.203 e. The van der Waals surface area contributed by atoms with Crippen LogP contribution in [0.5, 0.6) is 0 Å². The highest BCUT2D eigenvalue weighted by atomic mass is 35.7. The number of aromatic nitrogens is 2. The molecular formula is C32H29ClN3O5P. The van der Waals surface area contributed by atoms with Crippen molar-refractivity contribution < 1.29 is 33.6 Å². The lowest BCUT2D eigenvalue weighted by Crippen LogP contribution is -2.68. The predicted molar refractivity (Wildman–Crippen MR) is 155 cm³/mol. The third-order valence-corrected chi connectivity index (χ3v) is 11.0. The number of hydrogen-bond acceptors (Lipinski definition) is 8. The molecule has 214 valence electrons.